The standard InChI is InChI=1S/C19H20N4O2/c1-15(25-17-7-5-16(14-20)6-8-17)19(24)23-12-10-22(11-13-23)18-4-2-3-9-21-18/h2-9,15H,10-13H2,1H3. The van der Waals surface area contributed by atoms with E-state index in [4.69, 9.17) is 10.00 Å². The molecule has 0 saturated carbocycles. The molecule has 1 fully saturated rings. The van der Waals surface area contributed by atoms with Crippen LogP contribution in [-0.2, 0) is 4.79 Å². The van der Waals surface area contributed by atoms with Gasteiger partial charge in [0.2, 0.25) is 0 Å². The first-order valence-electron chi connectivity index (χ1n) is 8.29. The van der Waals surface area contributed by atoms with Gasteiger partial charge in [-0.25, -0.2) is 4.98 Å². The lowest BCUT2D eigenvalue weighted by Gasteiger charge is -2.36. The summed E-state index contributed by atoms with van der Waals surface area (Å²) in [6.45, 7) is 4.57. The van der Waals surface area contributed by atoms with Crippen LogP contribution in [0.25, 0.3) is 0 Å². The van der Waals surface area contributed by atoms with Gasteiger partial charge in [-0.1, -0.05) is 6.07 Å². The summed E-state index contributed by atoms with van der Waals surface area (Å²) >= 11 is 0. The number of benzene rings is 1. The molecule has 0 N–H and O–H groups in total. The largest absolute Gasteiger partial charge is 0.481 e. The molecule has 0 spiro atoms. The Morgan fingerprint density at radius 1 is 1.16 bits per heavy atom. The molecule has 1 aromatic carbocycles. The van der Waals surface area contributed by atoms with Crippen molar-refractivity contribution in [2.24, 2.45) is 0 Å². The lowest BCUT2D eigenvalue weighted by Crippen LogP contribution is -2.52. The zero-order chi connectivity index (χ0) is 17.6. The summed E-state index contributed by atoms with van der Waals surface area (Å²) < 4.78 is 5.71. The SMILES string of the molecule is CC(Oc1ccc(C#N)cc1)C(=O)N1CCN(c2ccccn2)CC1. The number of nitrogens with zero attached hydrogens (tertiary/aromatic N) is 4. The number of hydrogen-bond donors (Lipinski definition) is 0. The lowest BCUT2D eigenvalue weighted by molar-refractivity contribution is -0.138. The fraction of sp³-hybridized carbons (Fsp3) is 0.316. The maximum atomic E-state index is 12.6. The van der Waals surface area contributed by atoms with Gasteiger partial charge in [-0.2, -0.15) is 5.26 Å². The highest BCUT2D eigenvalue weighted by molar-refractivity contribution is 5.81. The van der Waals surface area contributed by atoms with Gasteiger partial charge < -0.3 is 14.5 Å². The summed E-state index contributed by atoms with van der Waals surface area (Å²) in [4.78, 5) is 20.9. The second-order valence-electron chi connectivity index (χ2n) is 5.90. The van der Waals surface area contributed by atoms with E-state index >= 15 is 0 Å². The van der Waals surface area contributed by atoms with Crippen molar-refractivity contribution in [1.82, 2.24) is 9.88 Å². The number of anilines is 1. The summed E-state index contributed by atoms with van der Waals surface area (Å²) in [6.07, 6.45) is 1.22. The Bertz CT molecular complexity index is 747. The Labute approximate surface area is 147 Å². The van der Waals surface area contributed by atoms with E-state index in [1.54, 1.807) is 37.4 Å². The molecule has 1 saturated heterocycles. The van der Waals surface area contributed by atoms with E-state index < -0.39 is 6.10 Å². The van der Waals surface area contributed by atoms with Crippen LogP contribution in [0, 0.1) is 11.3 Å². The number of pyridine rings is 1. The van der Waals surface area contributed by atoms with Crippen molar-refractivity contribution in [3.8, 4) is 11.8 Å². The van der Waals surface area contributed by atoms with Gasteiger partial charge in [0.05, 0.1) is 11.6 Å². The third kappa shape index (κ3) is 4.07. The molecule has 1 aliphatic rings. The van der Waals surface area contributed by atoms with Crippen molar-refractivity contribution in [3.63, 3.8) is 0 Å². The molecular weight excluding hydrogens is 316 g/mol. The summed E-state index contributed by atoms with van der Waals surface area (Å²) in [5, 5.41) is 8.81. The second-order valence-corrected chi connectivity index (χ2v) is 5.90. The molecule has 25 heavy (non-hydrogen) atoms. The minimum absolute atomic E-state index is 0.0231. The Balaban J connectivity index is 1.54. The number of aromatic nitrogens is 1. The van der Waals surface area contributed by atoms with Crippen molar-refractivity contribution in [3.05, 3.63) is 54.2 Å². The molecule has 1 amide bonds. The predicted octanol–water partition coefficient (Wildman–Crippen LogP) is 2.07. The molecule has 1 aliphatic heterocycles. The van der Waals surface area contributed by atoms with Gasteiger partial charge in [0, 0.05) is 32.4 Å². The summed E-state index contributed by atoms with van der Waals surface area (Å²) in [5.41, 5.74) is 0.567. The van der Waals surface area contributed by atoms with E-state index in [0.717, 1.165) is 18.9 Å². The quantitative estimate of drug-likeness (QED) is 0.855. The number of nitriles is 1. The van der Waals surface area contributed by atoms with Gasteiger partial charge in [-0.15, -0.1) is 0 Å². The van der Waals surface area contributed by atoms with Crippen LogP contribution in [0.15, 0.2) is 48.7 Å². The molecule has 2 heterocycles. The number of amides is 1. The normalized spacial score (nSPS) is 15.4. The van der Waals surface area contributed by atoms with Crippen molar-refractivity contribution in [1.29, 1.82) is 5.26 Å². The van der Waals surface area contributed by atoms with Crippen LogP contribution in [0.5, 0.6) is 5.75 Å². The lowest BCUT2D eigenvalue weighted by atomic mass is 10.2. The number of hydrogen-bond acceptors (Lipinski definition) is 5. The maximum Gasteiger partial charge on any atom is 0.263 e. The first-order chi connectivity index (χ1) is 12.2. The Kier molecular flexibility index (Phi) is 5.14. The van der Waals surface area contributed by atoms with E-state index in [0.29, 0.717) is 24.4 Å². The molecule has 3 rings (SSSR count). The molecule has 6 heteroatoms. The number of carbonyl (C=O) groups excluding carboxylic acids is 1. The zero-order valence-corrected chi connectivity index (χ0v) is 14.1. The van der Waals surface area contributed by atoms with E-state index in [1.165, 1.54) is 0 Å². The Morgan fingerprint density at radius 2 is 1.88 bits per heavy atom. The number of piperazine rings is 1. The van der Waals surface area contributed by atoms with Crippen LogP contribution in [-0.4, -0.2) is 48.1 Å². The predicted molar refractivity (Wildman–Crippen MR) is 94.3 cm³/mol. The van der Waals surface area contributed by atoms with Crippen molar-refractivity contribution in [2.45, 2.75) is 13.0 Å². The third-order valence-electron chi connectivity index (χ3n) is 4.21. The first-order valence-corrected chi connectivity index (χ1v) is 8.29. The smallest absolute Gasteiger partial charge is 0.263 e. The molecule has 1 atom stereocenters. The molecule has 0 aliphatic carbocycles. The van der Waals surface area contributed by atoms with Crippen molar-refractivity contribution < 1.29 is 9.53 Å². The number of carbonyl (C=O) groups is 1. The topological polar surface area (TPSA) is 69.5 Å². The van der Waals surface area contributed by atoms with E-state index in [1.807, 2.05) is 23.1 Å². The van der Waals surface area contributed by atoms with E-state index in [2.05, 4.69) is 16.0 Å². The average Bonchev–Trinajstić information content (AvgIpc) is 2.69. The van der Waals surface area contributed by atoms with Crippen LogP contribution in [0.1, 0.15) is 12.5 Å². The molecule has 128 valence electrons. The van der Waals surface area contributed by atoms with Crippen molar-refractivity contribution in [2.75, 3.05) is 31.1 Å². The van der Waals surface area contributed by atoms with Gasteiger partial charge in [0.1, 0.15) is 11.6 Å². The number of rotatable bonds is 4. The molecule has 1 aromatic heterocycles. The summed E-state index contributed by atoms with van der Waals surface area (Å²) in [7, 11) is 0. The van der Waals surface area contributed by atoms with Crippen LogP contribution < -0.4 is 9.64 Å². The monoisotopic (exact) mass is 336 g/mol. The van der Waals surface area contributed by atoms with Gasteiger partial charge in [0.25, 0.3) is 5.91 Å². The van der Waals surface area contributed by atoms with Gasteiger partial charge in [-0.3, -0.25) is 4.79 Å². The summed E-state index contributed by atoms with van der Waals surface area (Å²) in [5.74, 6) is 1.51. The van der Waals surface area contributed by atoms with E-state index in [9.17, 15) is 4.79 Å². The van der Waals surface area contributed by atoms with Crippen molar-refractivity contribution >= 4 is 11.7 Å². The third-order valence-corrected chi connectivity index (χ3v) is 4.21. The van der Waals surface area contributed by atoms with Gasteiger partial charge in [0.15, 0.2) is 6.10 Å². The van der Waals surface area contributed by atoms with E-state index in [-0.39, 0.29) is 5.91 Å². The fourth-order valence-electron chi connectivity index (χ4n) is 2.82. The molecule has 1 unspecified atom stereocenters. The zero-order valence-electron chi connectivity index (χ0n) is 14.1. The molecular formula is C19H20N4O2. The maximum absolute atomic E-state index is 12.6. The van der Waals surface area contributed by atoms with Crippen LogP contribution >= 0.6 is 0 Å². The Hall–Kier alpha value is -3.07. The highest BCUT2D eigenvalue weighted by Crippen LogP contribution is 2.16. The van der Waals surface area contributed by atoms with Gasteiger partial charge >= 0.3 is 0 Å². The highest BCUT2D eigenvalue weighted by Gasteiger charge is 2.26. The second kappa shape index (κ2) is 7.67. The molecule has 2 aromatic rings. The minimum Gasteiger partial charge on any atom is -0.481 e. The van der Waals surface area contributed by atoms with Crippen LogP contribution in [0.2, 0.25) is 0 Å². The summed E-state index contributed by atoms with van der Waals surface area (Å²) in [6, 6.07) is 14.7. The first kappa shape index (κ1) is 16.8. The average molecular weight is 336 g/mol. The van der Waals surface area contributed by atoms with Crippen LogP contribution in [0.4, 0.5) is 5.82 Å². The van der Waals surface area contributed by atoms with Crippen LogP contribution in [0.3, 0.4) is 0 Å². The highest BCUT2D eigenvalue weighted by atomic mass is 16.5. The Morgan fingerprint density at radius 3 is 2.48 bits per heavy atom. The molecule has 6 nitrogen and oxygen atoms in total. The molecule has 0 radical (unpaired) electrons. The van der Waals surface area contributed by atoms with Gasteiger partial charge in [-0.05, 0) is 43.3 Å². The molecule has 0 bridgehead atoms. The fourth-order valence-corrected chi connectivity index (χ4v) is 2.82. The number of ether oxygens (including phenoxy) is 1. The minimum atomic E-state index is -0.561.